The highest BCUT2D eigenvalue weighted by Crippen LogP contribution is 2.40. The van der Waals surface area contributed by atoms with E-state index in [1.165, 1.54) is 36.3 Å². The van der Waals surface area contributed by atoms with Crippen molar-refractivity contribution < 1.29 is 29.0 Å². The number of aromatic carboxylic acids is 1. The van der Waals surface area contributed by atoms with Gasteiger partial charge in [0.2, 0.25) is 5.91 Å². The monoisotopic (exact) mass is 432 g/mol. The van der Waals surface area contributed by atoms with Crippen molar-refractivity contribution in [3.63, 3.8) is 0 Å². The molecule has 0 fully saturated rings. The Balaban J connectivity index is 2.00. The highest BCUT2D eigenvalue weighted by atomic mass is 35.5. The number of hydrogen-bond donors (Lipinski definition) is 2. The van der Waals surface area contributed by atoms with Crippen LogP contribution in [0.2, 0.25) is 5.02 Å². The van der Waals surface area contributed by atoms with E-state index in [0.29, 0.717) is 22.2 Å². The minimum Gasteiger partial charge on any atom is -0.495 e. The lowest BCUT2D eigenvalue weighted by atomic mass is 10.0. The van der Waals surface area contributed by atoms with Gasteiger partial charge in [0.05, 0.1) is 24.0 Å². The molecule has 3 rings (SSSR count). The summed E-state index contributed by atoms with van der Waals surface area (Å²) < 4.78 is 11.0. The van der Waals surface area contributed by atoms with Crippen LogP contribution in [0.25, 0.3) is 0 Å². The Labute approximate surface area is 178 Å². The maximum atomic E-state index is 13.1. The number of carboxylic acid groups (broad SMARTS) is 1. The molecule has 0 aliphatic carbocycles. The van der Waals surface area contributed by atoms with E-state index in [2.05, 4.69) is 5.32 Å². The topological polar surface area (TPSA) is 105 Å². The zero-order valence-corrected chi connectivity index (χ0v) is 17.6. The van der Waals surface area contributed by atoms with Gasteiger partial charge in [-0.1, -0.05) is 11.6 Å². The Morgan fingerprint density at radius 1 is 1.23 bits per heavy atom. The number of halogens is 1. The number of carbonyl (C=O) groups is 3. The number of nitrogens with zero attached hydrogens (tertiary/aromatic N) is 1. The number of amides is 2. The second-order valence-corrected chi connectivity index (χ2v) is 7.72. The first kappa shape index (κ1) is 21.4. The molecule has 30 heavy (non-hydrogen) atoms. The first-order chi connectivity index (χ1) is 14.0. The number of carboxylic acids is 1. The lowest BCUT2D eigenvalue weighted by molar-refractivity contribution is -0.134. The molecular weight excluding hydrogens is 412 g/mol. The molecule has 1 aliphatic heterocycles. The number of nitrogens with one attached hydrogen (secondary N) is 1. The fraction of sp³-hybridized carbons (Fsp3) is 0.286. The van der Waals surface area contributed by atoms with Crippen LogP contribution in [0.4, 0.5) is 11.4 Å². The van der Waals surface area contributed by atoms with Crippen LogP contribution in [0.5, 0.6) is 11.5 Å². The van der Waals surface area contributed by atoms with Crippen LogP contribution >= 0.6 is 11.6 Å². The molecule has 0 saturated heterocycles. The summed E-state index contributed by atoms with van der Waals surface area (Å²) in [6.45, 7) is 4.71. The van der Waals surface area contributed by atoms with E-state index in [1.807, 2.05) is 0 Å². The Morgan fingerprint density at radius 3 is 2.57 bits per heavy atom. The van der Waals surface area contributed by atoms with Crippen molar-refractivity contribution in [3.8, 4) is 11.5 Å². The van der Waals surface area contributed by atoms with E-state index < -0.39 is 29.4 Å². The lowest BCUT2D eigenvalue weighted by Gasteiger charge is -2.41. The second kappa shape index (κ2) is 7.87. The van der Waals surface area contributed by atoms with E-state index in [4.69, 9.17) is 21.1 Å². The van der Waals surface area contributed by atoms with Gasteiger partial charge in [-0.3, -0.25) is 14.5 Å². The normalized spacial score (nSPS) is 15.6. The van der Waals surface area contributed by atoms with Crippen LogP contribution in [-0.2, 0) is 9.59 Å². The average molecular weight is 433 g/mol. The number of carbonyl (C=O) groups excluding carboxylic acids is 2. The van der Waals surface area contributed by atoms with Crippen LogP contribution in [0.15, 0.2) is 36.4 Å². The standard InChI is InChI=1S/C21H21ClN2O6/c1-11(18(25)23-14-10-13(22)6-8-16(14)29-4)24-15-9-12(19(26)27)5-7-17(15)30-21(2,3)20(24)28/h5-11H,1-4H3,(H,23,25)(H,26,27). The third kappa shape index (κ3) is 3.91. The molecule has 1 heterocycles. The van der Waals surface area contributed by atoms with Crippen LogP contribution in [0.1, 0.15) is 31.1 Å². The lowest BCUT2D eigenvalue weighted by Crippen LogP contribution is -2.58. The first-order valence-electron chi connectivity index (χ1n) is 9.09. The average Bonchev–Trinajstić information content (AvgIpc) is 2.68. The summed E-state index contributed by atoms with van der Waals surface area (Å²) in [7, 11) is 1.46. The van der Waals surface area contributed by atoms with Crippen LogP contribution in [-0.4, -0.2) is 41.6 Å². The van der Waals surface area contributed by atoms with Crippen LogP contribution < -0.4 is 19.7 Å². The van der Waals surface area contributed by atoms with E-state index in [1.54, 1.807) is 32.9 Å². The molecule has 0 aromatic heterocycles. The van der Waals surface area contributed by atoms with Gasteiger partial charge in [0.1, 0.15) is 17.5 Å². The fourth-order valence-corrected chi connectivity index (χ4v) is 3.33. The van der Waals surface area contributed by atoms with Gasteiger partial charge in [-0.15, -0.1) is 0 Å². The van der Waals surface area contributed by atoms with Crippen molar-refractivity contribution in [3.05, 3.63) is 47.0 Å². The molecule has 2 aromatic rings. The molecule has 1 unspecified atom stereocenters. The summed E-state index contributed by atoms with van der Waals surface area (Å²) in [5.41, 5.74) is -0.708. The SMILES string of the molecule is COc1ccc(Cl)cc1NC(=O)C(C)N1C(=O)C(C)(C)Oc2ccc(C(=O)O)cc21. The number of hydrogen-bond acceptors (Lipinski definition) is 5. The predicted octanol–water partition coefficient (Wildman–Crippen LogP) is 3.58. The van der Waals surface area contributed by atoms with Crippen molar-refractivity contribution in [1.29, 1.82) is 0 Å². The molecule has 0 saturated carbocycles. The van der Waals surface area contributed by atoms with Crippen LogP contribution in [0, 0.1) is 0 Å². The Bertz CT molecular complexity index is 1040. The van der Waals surface area contributed by atoms with Gasteiger partial charge in [-0.25, -0.2) is 4.79 Å². The van der Waals surface area contributed by atoms with E-state index in [9.17, 15) is 19.5 Å². The summed E-state index contributed by atoms with van der Waals surface area (Å²) in [6, 6.07) is 7.96. The third-order valence-corrected chi connectivity index (χ3v) is 4.99. The smallest absolute Gasteiger partial charge is 0.335 e. The number of fused-ring (bicyclic) bond motifs is 1. The molecule has 2 amide bonds. The first-order valence-corrected chi connectivity index (χ1v) is 9.47. The third-order valence-electron chi connectivity index (χ3n) is 4.75. The molecule has 1 aliphatic rings. The van der Waals surface area contributed by atoms with Crippen molar-refractivity contribution in [2.45, 2.75) is 32.4 Å². The van der Waals surface area contributed by atoms with Crippen molar-refractivity contribution >= 4 is 40.8 Å². The van der Waals surface area contributed by atoms with Gasteiger partial charge in [-0.2, -0.15) is 0 Å². The van der Waals surface area contributed by atoms with Crippen molar-refractivity contribution in [2.75, 3.05) is 17.3 Å². The van der Waals surface area contributed by atoms with Gasteiger partial charge in [0, 0.05) is 5.02 Å². The summed E-state index contributed by atoms with van der Waals surface area (Å²) in [5, 5.41) is 12.4. The molecule has 0 radical (unpaired) electrons. The molecule has 8 nitrogen and oxygen atoms in total. The maximum absolute atomic E-state index is 13.1. The number of rotatable bonds is 5. The number of ether oxygens (including phenoxy) is 2. The highest BCUT2D eigenvalue weighted by molar-refractivity contribution is 6.31. The van der Waals surface area contributed by atoms with Gasteiger partial charge in [0.25, 0.3) is 5.91 Å². The van der Waals surface area contributed by atoms with Crippen LogP contribution in [0.3, 0.4) is 0 Å². The fourth-order valence-electron chi connectivity index (χ4n) is 3.16. The second-order valence-electron chi connectivity index (χ2n) is 7.29. The zero-order valence-electron chi connectivity index (χ0n) is 16.9. The Hall–Kier alpha value is -3.26. The highest BCUT2D eigenvalue weighted by Gasteiger charge is 2.44. The molecule has 2 aromatic carbocycles. The largest absolute Gasteiger partial charge is 0.495 e. The van der Waals surface area contributed by atoms with Gasteiger partial charge >= 0.3 is 5.97 Å². The van der Waals surface area contributed by atoms with Gasteiger partial charge in [0.15, 0.2) is 5.60 Å². The van der Waals surface area contributed by atoms with Crippen molar-refractivity contribution in [2.24, 2.45) is 0 Å². The minimum absolute atomic E-state index is 0.0287. The Morgan fingerprint density at radius 2 is 1.93 bits per heavy atom. The molecule has 1 atom stereocenters. The van der Waals surface area contributed by atoms with Gasteiger partial charge in [-0.05, 0) is 57.2 Å². The number of anilines is 2. The molecule has 0 bridgehead atoms. The zero-order chi connectivity index (χ0) is 22.2. The quantitative estimate of drug-likeness (QED) is 0.748. The Kier molecular flexibility index (Phi) is 5.63. The van der Waals surface area contributed by atoms with E-state index in [0.717, 1.165) is 0 Å². The minimum atomic E-state index is -1.24. The van der Waals surface area contributed by atoms with E-state index >= 15 is 0 Å². The molecule has 9 heteroatoms. The molecule has 158 valence electrons. The number of benzene rings is 2. The summed E-state index contributed by atoms with van der Waals surface area (Å²) in [6.07, 6.45) is 0. The summed E-state index contributed by atoms with van der Waals surface area (Å²) in [4.78, 5) is 38.8. The number of methoxy groups -OCH3 is 1. The molecule has 0 spiro atoms. The van der Waals surface area contributed by atoms with E-state index in [-0.39, 0.29) is 11.3 Å². The molecular formula is C21H21ClN2O6. The molecule has 2 N–H and O–H groups in total. The summed E-state index contributed by atoms with van der Waals surface area (Å²) >= 11 is 6.02. The predicted molar refractivity (Wildman–Crippen MR) is 112 cm³/mol. The summed E-state index contributed by atoms with van der Waals surface area (Å²) in [5.74, 6) is -1.42. The van der Waals surface area contributed by atoms with Crippen molar-refractivity contribution in [1.82, 2.24) is 0 Å². The van der Waals surface area contributed by atoms with Gasteiger partial charge < -0.3 is 19.9 Å². The maximum Gasteiger partial charge on any atom is 0.335 e.